The zero-order valence-electron chi connectivity index (χ0n) is 7.78. The van der Waals surface area contributed by atoms with Crippen molar-refractivity contribution in [3.8, 4) is 0 Å². The molecule has 1 rings (SSSR count). The largest absolute Gasteiger partial charge is 1.00 e. The van der Waals surface area contributed by atoms with Gasteiger partial charge in [0.1, 0.15) is 10.3 Å². The average molecular weight is 266 g/mol. The molecule has 0 aliphatic rings. The van der Waals surface area contributed by atoms with Gasteiger partial charge < -0.3 is 12.4 Å². The molecule has 0 amide bonds. The van der Waals surface area contributed by atoms with Gasteiger partial charge in [0, 0.05) is 25.9 Å². The van der Waals surface area contributed by atoms with E-state index in [1.807, 2.05) is 6.07 Å². The van der Waals surface area contributed by atoms with E-state index in [1.54, 1.807) is 0 Å². The van der Waals surface area contributed by atoms with E-state index in [4.69, 9.17) is 0 Å². The van der Waals surface area contributed by atoms with E-state index in [0.717, 1.165) is 6.42 Å². The standard InChI is InChI=1S/C10H12S.ClH.Zn/c1-2-10-8-6-4-3-5-7-9-11-10;;/h3-9H,2H2,1H3;1H;. The van der Waals surface area contributed by atoms with Crippen LogP contribution in [0.15, 0.2) is 41.8 Å². The third-order valence-electron chi connectivity index (χ3n) is 1.42. The summed E-state index contributed by atoms with van der Waals surface area (Å²) in [6, 6.07) is 12.5. The molecule has 0 radical (unpaired) electrons. The summed E-state index contributed by atoms with van der Waals surface area (Å²) in [7, 11) is 0. The van der Waals surface area contributed by atoms with Crippen LogP contribution in [-0.4, -0.2) is 0 Å². The second-order valence-electron chi connectivity index (χ2n) is 2.25. The van der Waals surface area contributed by atoms with E-state index < -0.39 is 0 Å². The van der Waals surface area contributed by atoms with E-state index in [9.17, 15) is 0 Å². The van der Waals surface area contributed by atoms with Gasteiger partial charge in [-0.05, 0) is 23.5 Å². The van der Waals surface area contributed by atoms with Gasteiger partial charge in [0.2, 0.25) is 0 Å². The SMILES string of the molecule is CCc1ccccccc[sH+]1.[Cl-].[Zn]. The Labute approximate surface area is 103 Å². The summed E-state index contributed by atoms with van der Waals surface area (Å²) in [5, 5.41) is 2.17. The Hall–Kier alpha value is 0.0934. The normalized spacial score (nSPS) is 7.46. The first-order valence-electron chi connectivity index (χ1n) is 3.83. The molecule has 0 aromatic carbocycles. The molecule has 1 aromatic rings. The van der Waals surface area contributed by atoms with Crippen LogP contribution in [0.4, 0.5) is 0 Å². The van der Waals surface area contributed by atoms with Crippen LogP contribution in [0.2, 0.25) is 0 Å². The molecule has 1 heterocycles. The van der Waals surface area contributed by atoms with Crippen LogP contribution in [0.5, 0.6) is 0 Å². The molecule has 3 heteroatoms. The summed E-state index contributed by atoms with van der Waals surface area (Å²) in [5.41, 5.74) is 0. The Balaban J connectivity index is 0. The Morgan fingerprint density at radius 2 is 1.69 bits per heavy atom. The predicted octanol–water partition coefficient (Wildman–Crippen LogP) is 0.169. The van der Waals surface area contributed by atoms with E-state index in [0.29, 0.717) is 0 Å². The van der Waals surface area contributed by atoms with Crippen molar-refractivity contribution in [2.24, 2.45) is 0 Å². The van der Waals surface area contributed by atoms with E-state index >= 15 is 0 Å². The minimum absolute atomic E-state index is 0. The van der Waals surface area contributed by atoms with Crippen molar-refractivity contribution in [2.75, 3.05) is 0 Å². The van der Waals surface area contributed by atoms with Crippen LogP contribution < -0.4 is 12.4 Å². The van der Waals surface area contributed by atoms with Crippen molar-refractivity contribution in [3.05, 3.63) is 46.7 Å². The molecular formula is C10H13ClSZn. The molecule has 0 atom stereocenters. The Kier molecular flexibility index (Phi) is 12.2. The predicted molar refractivity (Wildman–Crippen MR) is 52.7 cm³/mol. The van der Waals surface area contributed by atoms with Crippen LogP contribution in [-0.2, 0) is 25.9 Å². The fourth-order valence-electron chi connectivity index (χ4n) is 0.800. The summed E-state index contributed by atoms with van der Waals surface area (Å²) < 4.78 is 0. The van der Waals surface area contributed by atoms with Crippen molar-refractivity contribution in [1.29, 1.82) is 0 Å². The van der Waals surface area contributed by atoms with E-state index in [-0.39, 0.29) is 31.9 Å². The van der Waals surface area contributed by atoms with Gasteiger partial charge in [-0.3, -0.25) is 0 Å². The summed E-state index contributed by atoms with van der Waals surface area (Å²) in [5.74, 6) is 0. The second-order valence-corrected chi connectivity index (χ2v) is 3.38. The Morgan fingerprint density at radius 1 is 1.08 bits per heavy atom. The van der Waals surface area contributed by atoms with Crippen molar-refractivity contribution in [2.45, 2.75) is 13.3 Å². The number of halogens is 1. The van der Waals surface area contributed by atoms with Gasteiger partial charge in [-0.15, -0.1) is 0 Å². The van der Waals surface area contributed by atoms with Gasteiger partial charge in [0.25, 0.3) is 0 Å². The molecule has 0 saturated carbocycles. The van der Waals surface area contributed by atoms with Crippen LogP contribution in [0.1, 0.15) is 11.8 Å². The molecule has 68 valence electrons. The number of rotatable bonds is 1. The monoisotopic (exact) mass is 264 g/mol. The van der Waals surface area contributed by atoms with Gasteiger partial charge in [0.05, 0.1) is 0 Å². The first-order valence-corrected chi connectivity index (χ1v) is 4.79. The summed E-state index contributed by atoms with van der Waals surface area (Å²) >= 11 is 1.32. The quantitative estimate of drug-likeness (QED) is 0.502. The van der Waals surface area contributed by atoms with E-state index in [2.05, 4.69) is 42.6 Å². The van der Waals surface area contributed by atoms with Gasteiger partial charge in [-0.2, -0.15) is 0 Å². The van der Waals surface area contributed by atoms with Crippen molar-refractivity contribution < 1.29 is 31.9 Å². The molecule has 13 heavy (non-hydrogen) atoms. The molecule has 0 saturated heterocycles. The van der Waals surface area contributed by atoms with Crippen LogP contribution in [0, 0.1) is 0 Å². The number of aryl methyl sites for hydroxylation is 1. The number of hydrogen-bond donors (Lipinski definition) is 0. The van der Waals surface area contributed by atoms with Gasteiger partial charge >= 0.3 is 0 Å². The van der Waals surface area contributed by atoms with Crippen LogP contribution in [0.25, 0.3) is 0 Å². The summed E-state index contributed by atoms with van der Waals surface area (Å²) in [4.78, 5) is 1.46. The average Bonchev–Trinajstić information content (AvgIpc) is 2.16. The maximum atomic E-state index is 2.19. The minimum Gasteiger partial charge on any atom is -1.00 e. The topological polar surface area (TPSA) is 0 Å². The summed E-state index contributed by atoms with van der Waals surface area (Å²) in [6.07, 6.45) is 1.14. The smallest absolute Gasteiger partial charge is 0.147 e. The van der Waals surface area contributed by atoms with Crippen LogP contribution in [0.3, 0.4) is 0 Å². The van der Waals surface area contributed by atoms with Crippen LogP contribution >= 0.6 is 11.3 Å². The Bertz CT molecular complexity index is 235. The molecule has 0 N–H and O–H groups in total. The zero-order chi connectivity index (χ0) is 7.94. The van der Waals surface area contributed by atoms with Gasteiger partial charge in [-0.25, -0.2) is 0 Å². The first kappa shape index (κ1) is 15.6. The van der Waals surface area contributed by atoms with Crippen molar-refractivity contribution in [3.63, 3.8) is 0 Å². The fourth-order valence-corrected chi connectivity index (χ4v) is 1.53. The molecule has 0 nitrogen and oxygen atoms in total. The zero-order valence-corrected chi connectivity index (χ0v) is 12.4. The molecule has 0 aliphatic carbocycles. The second kappa shape index (κ2) is 10.2. The molecule has 0 unspecified atom stereocenters. The number of hydrogen-bond acceptors (Lipinski definition) is 0. The molecule has 0 bridgehead atoms. The molecule has 0 aliphatic heterocycles. The Morgan fingerprint density at radius 3 is 2.38 bits per heavy atom. The third-order valence-corrected chi connectivity index (χ3v) is 2.54. The minimum atomic E-state index is 0. The third kappa shape index (κ3) is 7.19. The molecule has 1 aromatic heterocycles. The first-order chi connectivity index (χ1) is 5.43. The maximum Gasteiger partial charge on any atom is 0.147 e. The fraction of sp³-hybridized carbons (Fsp3) is 0.200. The van der Waals surface area contributed by atoms with Gasteiger partial charge in [-0.1, -0.05) is 31.2 Å². The molecular weight excluding hydrogens is 253 g/mol. The maximum absolute atomic E-state index is 2.19. The molecule has 0 spiro atoms. The van der Waals surface area contributed by atoms with E-state index in [1.165, 1.54) is 16.2 Å². The van der Waals surface area contributed by atoms with Crippen molar-refractivity contribution in [1.82, 2.24) is 0 Å². The molecule has 0 fully saturated rings. The summed E-state index contributed by atoms with van der Waals surface area (Å²) in [6.45, 7) is 2.19. The van der Waals surface area contributed by atoms with Crippen molar-refractivity contribution >= 4 is 11.3 Å². The van der Waals surface area contributed by atoms with Gasteiger partial charge in [0.15, 0.2) is 0 Å².